The van der Waals surface area contributed by atoms with E-state index in [-0.39, 0.29) is 6.10 Å². The fourth-order valence-electron chi connectivity index (χ4n) is 2.01. The molecule has 76 valence electrons. The van der Waals surface area contributed by atoms with Crippen LogP contribution in [0.25, 0.3) is 0 Å². The summed E-state index contributed by atoms with van der Waals surface area (Å²) in [6.45, 7) is 4.42. The summed E-state index contributed by atoms with van der Waals surface area (Å²) < 4.78 is 0. The van der Waals surface area contributed by atoms with Crippen LogP contribution in [0.3, 0.4) is 0 Å². The lowest BCUT2D eigenvalue weighted by Crippen LogP contribution is -2.26. The average molecular weight is 190 g/mol. The molecule has 0 bridgehead atoms. The normalized spacial score (nSPS) is 26.3. The van der Waals surface area contributed by atoms with E-state index < -0.39 is 0 Å². The molecule has 0 spiro atoms. The number of benzene rings is 1. The highest BCUT2D eigenvalue weighted by Gasteiger charge is 2.28. The molecular formula is C13H18O. The summed E-state index contributed by atoms with van der Waals surface area (Å²) in [5.41, 5.74) is 2.79. The zero-order chi connectivity index (χ0) is 10.1. The van der Waals surface area contributed by atoms with E-state index >= 15 is 0 Å². The average Bonchev–Trinajstić information content (AvgIpc) is 2.13. The lowest BCUT2D eigenvalue weighted by molar-refractivity contribution is 0.0746. The zero-order valence-corrected chi connectivity index (χ0v) is 8.90. The van der Waals surface area contributed by atoms with Crippen LogP contribution in [0.15, 0.2) is 24.3 Å². The maximum Gasteiger partial charge on any atom is 0.0552 e. The topological polar surface area (TPSA) is 20.2 Å². The van der Waals surface area contributed by atoms with Gasteiger partial charge in [-0.3, -0.25) is 0 Å². The second kappa shape index (κ2) is 3.74. The highest BCUT2D eigenvalue weighted by molar-refractivity contribution is 5.28. The smallest absolute Gasteiger partial charge is 0.0552 e. The first-order chi connectivity index (χ1) is 6.66. The fourth-order valence-corrected chi connectivity index (χ4v) is 2.01. The molecule has 0 saturated heterocycles. The van der Waals surface area contributed by atoms with Crippen LogP contribution in [-0.2, 0) is 0 Å². The van der Waals surface area contributed by atoms with Gasteiger partial charge in [0.25, 0.3) is 0 Å². The molecule has 1 aliphatic carbocycles. The van der Waals surface area contributed by atoms with Gasteiger partial charge in [-0.05, 0) is 35.8 Å². The van der Waals surface area contributed by atoms with E-state index in [1.54, 1.807) is 0 Å². The summed E-state index contributed by atoms with van der Waals surface area (Å²) in [6.07, 6.45) is 1.84. The lowest BCUT2D eigenvalue weighted by atomic mass is 9.77. The van der Waals surface area contributed by atoms with Gasteiger partial charge in [-0.1, -0.05) is 38.1 Å². The predicted molar refractivity (Wildman–Crippen MR) is 58.5 cm³/mol. The largest absolute Gasteiger partial charge is 0.393 e. The van der Waals surface area contributed by atoms with Gasteiger partial charge in [0.1, 0.15) is 0 Å². The first kappa shape index (κ1) is 9.72. The molecule has 1 aromatic carbocycles. The van der Waals surface area contributed by atoms with E-state index in [1.165, 1.54) is 11.1 Å². The van der Waals surface area contributed by atoms with Crippen LogP contribution in [-0.4, -0.2) is 11.2 Å². The third-order valence-corrected chi connectivity index (χ3v) is 3.19. The summed E-state index contributed by atoms with van der Waals surface area (Å²) in [6, 6.07) is 8.85. The van der Waals surface area contributed by atoms with E-state index in [9.17, 15) is 5.11 Å². The van der Waals surface area contributed by atoms with Gasteiger partial charge in [0.2, 0.25) is 0 Å². The Morgan fingerprint density at radius 3 is 2.14 bits per heavy atom. The van der Waals surface area contributed by atoms with Gasteiger partial charge in [-0.25, -0.2) is 0 Å². The van der Waals surface area contributed by atoms with Crippen LogP contribution in [0.1, 0.15) is 49.7 Å². The Morgan fingerprint density at radius 2 is 1.71 bits per heavy atom. The minimum atomic E-state index is -0.0511. The Morgan fingerprint density at radius 1 is 1.14 bits per heavy atom. The summed E-state index contributed by atoms with van der Waals surface area (Å²) in [5.74, 6) is 1.21. The van der Waals surface area contributed by atoms with Crippen LogP contribution in [0.5, 0.6) is 0 Å². The van der Waals surface area contributed by atoms with Crippen molar-refractivity contribution >= 4 is 0 Å². The monoisotopic (exact) mass is 190 g/mol. The van der Waals surface area contributed by atoms with Crippen LogP contribution in [0.4, 0.5) is 0 Å². The van der Waals surface area contributed by atoms with E-state index in [2.05, 4.69) is 38.1 Å². The highest BCUT2D eigenvalue weighted by atomic mass is 16.3. The summed E-state index contributed by atoms with van der Waals surface area (Å²) in [5, 5.41) is 9.22. The molecule has 1 aliphatic rings. The Hall–Kier alpha value is -0.820. The van der Waals surface area contributed by atoms with Gasteiger partial charge in [0.15, 0.2) is 0 Å². The Kier molecular flexibility index (Phi) is 2.60. The summed E-state index contributed by atoms with van der Waals surface area (Å²) in [7, 11) is 0. The van der Waals surface area contributed by atoms with E-state index in [4.69, 9.17) is 0 Å². The molecule has 1 fully saturated rings. The molecule has 1 aromatic rings. The Balaban J connectivity index is 2.07. The molecular weight excluding hydrogens is 172 g/mol. The molecule has 1 heteroatoms. The van der Waals surface area contributed by atoms with Gasteiger partial charge in [0, 0.05) is 0 Å². The quantitative estimate of drug-likeness (QED) is 0.760. The minimum absolute atomic E-state index is 0.0511. The van der Waals surface area contributed by atoms with Crippen LogP contribution in [0.2, 0.25) is 0 Å². The van der Waals surface area contributed by atoms with E-state index in [0.717, 1.165) is 12.8 Å². The lowest BCUT2D eigenvalue weighted by Gasteiger charge is -2.31. The van der Waals surface area contributed by atoms with Crippen molar-refractivity contribution in [1.82, 2.24) is 0 Å². The first-order valence-electron chi connectivity index (χ1n) is 5.44. The highest BCUT2D eigenvalue weighted by Crippen LogP contribution is 2.36. The summed E-state index contributed by atoms with van der Waals surface area (Å²) in [4.78, 5) is 0. The Bertz CT molecular complexity index is 294. The zero-order valence-electron chi connectivity index (χ0n) is 8.90. The molecule has 0 heterocycles. The molecule has 14 heavy (non-hydrogen) atoms. The van der Waals surface area contributed by atoms with E-state index in [0.29, 0.717) is 11.8 Å². The van der Waals surface area contributed by atoms with Crippen molar-refractivity contribution < 1.29 is 5.11 Å². The van der Waals surface area contributed by atoms with Gasteiger partial charge < -0.3 is 5.11 Å². The first-order valence-corrected chi connectivity index (χ1v) is 5.44. The molecule has 0 unspecified atom stereocenters. The van der Waals surface area contributed by atoms with Crippen LogP contribution >= 0.6 is 0 Å². The SMILES string of the molecule is CC(C)c1ccc(C2CC(O)C2)cc1. The van der Waals surface area contributed by atoms with Crippen molar-refractivity contribution in [3.05, 3.63) is 35.4 Å². The number of aliphatic hydroxyl groups is 1. The maximum absolute atomic E-state index is 9.22. The molecule has 0 atom stereocenters. The molecule has 2 rings (SSSR count). The number of rotatable bonds is 2. The molecule has 0 aliphatic heterocycles. The van der Waals surface area contributed by atoms with Gasteiger partial charge in [-0.15, -0.1) is 0 Å². The van der Waals surface area contributed by atoms with Gasteiger partial charge in [-0.2, -0.15) is 0 Å². The van der Waals surface area contributed by atoms with Crippen LogP contribution < -0.4 is 0 Å². The van der Waals surface area contributed by atoms with Crippen LogP contribution in [0, 0.1) is 0 Å². The van der Waals surface area contributed by atoms with Crippen molar-refractivity contribution in [3.63, 3.8) is 0 Å². The molecule has 1 nitrogen and oxygen atoms in total. The second-order valence-electron chi connectivity index (χ2n) is 4.64. The summed E-state index contributed by atoms with van der Waals surface area (Å²) >= 11 is 0. The van der Waals surface area contributed by atoms with Crippen molar-refractivity contribution in [3.8, 4) is 0 Å². The van der Waals surface area contributed by atoms with E-state index in [1.807, 2.05) is 0 Å². The third kappa shape index (κ3) is 1.83. The van der Waals surface area contributed by atoms with Gasteiger partial charge in [0.05, 0.1) is 6.10 Å². The van der Waals surface area contributed by atoms with Crippen molar-refractivity contribution in [2.75, 3.05) is 0 Å². The third-order valence-electron chi connectivity index (χ3n) is 3.19. The van der Waals surface area contributed by atoms with Crippen molar-refractivity contribution in [2.24, 2.45) is 0 Å². The molecule has 0 amide bonds. The maximum atomic E-state index is 9.22. The van der Waals surface area contributed by atoms with Crippen molar-refractivity contribution in [2.45, 2.75) is 44.6 Å². The van der Waals surface area contributed by atoms with Crippen molar-refractivity contribution in [1.29, 1.82) is 0 Å². The predicted octanol–water partition coefficient (Wildman–Crippen LogP) is 3.05. The standard InChI is InChI=1S/C13H18O/c1-9(2)10-3-5-11(6-4-10)12-7-13(14)8-12/h3-6,9,12-14H,7-8H2,1-2H3. The number of hydrogen-bond acceptors (Lipinski definition) is 1. The molecule has 1 saturated carbocycles. The fraction of sp³-hybridized carbons (Fsp3) is 0.538. The molecule has 0 aromatic heterocycles. The molecule has 0 radical (unpaired) electrons. The second-order valence-corrected chi connectivity index (χ2v) is 4.64. The minimum Gasteiger partial charge on any atom is -0.393 e. The number of aliphatic hydroxyl groups excluding tert-OH is 1. The van der Waals surface area contributed by atoms with Gasteiger partial charge >= 0.3 is 0 Å². The Labute approximate surface area is 85.8 Å². The number of hydrogen-bond donors (Lipinski definition) is 1. The molecule has 1 N–H and O–H groups in total.